The molecule has 0 bridgehead atoms. The van der Waals surface area contributed by atoms with Crippen LogP contribution in [0, 0.1) is 0 Å². The first kappa shape index (κ1) is 25.8. The number of hydrogen-bond acceptors (Lipinski definition) is 1. The Balaban J connectivity index is 2.18. The molecule has 170 valence electrons. The van der Waals surface area contributed by atoms with Gasteiger partial charge in [0.15, 0.2) is 0 Å². The molecule has 0 aliphatic heterocycles. The Hall–Kier alpha value is 0.499. The summed E-state index contributed by atoms with van der Waals surface area (Å²) in [5, 5.41) is 0. The maximum atomic E-state index is 4.97. The van der Waals surface area contributed by atoms with Gasteiger partial charge in [-0.05, 0) is 0 Å². The minimum atomic E-state index is -2.31. The van der Waals surface area contributed by atoms with Gasteiger partial charge in [0.2, 0.25) is 0 Å². The van der Waals surface area contributed by atoms with Crippen molar-refractivity contribution in [3.8, 4) is 0 Å². The summed E-state index contributed by atoms with van der Waals surface area (Å²) in [4.78, 5) is 3.05. The SMILES string of the molecule is C=[C](CN(C1CCCCC1)C1CCCCC1)[Sn]([CH2]CCC)([CH2]CCC)[CH2]CCC. The van der Waals surface area contributed by atoms with E-state index in [2.05, 4.69) is 25.7 Å². The number of rotatable bonds is 14. The van der Waals surface area contributed by atoms with Gasteiger partial charge in [-0.25, -0.2) is 0 Å². The van der Waals surface area contributed by atoms with Gasteiger partial charge < -0.3 is 0 Å². The second-order valence-electron chi connectivity index (χ2n) is 10.5. The second-order valence-corrected chi connectivity index (χ2v) is 24.1. The predicted molar refractivity (Wildman–Crippen MR) is 134 cm³/mol. The van der Waals surface area contributed by atoms with Crippen molar-refractivity contribution < 1.29 is 0 Å². The first-order valence-corrected chi connectivity index (χ1v) is 21.1. The Bertz CT molecular complexity index is 394. The summed E-state index contributed by atoms with van der Waals surface area (Å²) in [7, 11) is 0. The van der Waals surface area contributed by atoms with E-state index in [0.29, 0.717) is 0 Å². The third-order valence-electron chi connectivity index (χ3n) is 8.24. The van der Waals surface area contributed by atoms with Gasteiger partial charge in [0, 0.05) is 0 Å². The molecular formula is C27H53NSn. The summed E-state index contributed by atoms with van der Waals surface area (Å²) in [5.41, 5.74) is 0. The zero-order valence-corrected chi connectivity index (χ0v) is 23.3. The third-order valence-corrected chi connectivity index (χ3v) is 24.2. The predicted octanol–water partition coefficient (Wildman–Crippen LogP) is 8.90. The van der Waals surface area contributed by atoms with Crippen LogP contribution in [0.15, 0.2) is 10.2 Å². The van der Waals surface area contributed by atoms with Crippen LogP contribution in [0.4, 0.5) is 0 Å². The molecule has 0 spiro atoms. The number of nitrogens with zero attached hydrogens (tertiary/aromatic N) is 1. The normalized spacial score (nSPS) is 19.7. The average molecular weight is 510 g/mol. The van der Waals surface area contributed by atoms with E-state index >= 15 is 0 Å². The number of unbranched alkanes of at least 4 members (excludes halogenated alkanes) is 3. The van der Waals surface area contributed by atoms with Crippen LogP contribution < -0.4 is 0 Å². The summed E-state index contributed by atoms with van der Waals surface area (Å²) < 4.78 is 6.60. The Morgan fingerprint density at radius 3 is 1.41 bits per heavy atom. The fourth-order valence-corrected chi connectivity index (χ4v) is 21.7. The van der Waals surface area contributed by atoms with Crippen LogP contribution in [0.3, 0.4) is 0 Å². The van der Waals surface area contributed by atoms with E-state index in [-0.39, 0.29) is 0 Å². The van der Waals surface area contributed by atoms with Gasteiger partial charge in [-0.3, -0.25) is 0 Å². The second kappa shape index (κ2) is 14.5. The quantitative estimate of drug-likeness (QED) is 0.211. The van der Waals surface area contributed by atoms with Crippen LogP contribution in [-0.2, 0) is 0 Å². The monoisotopic (exact) mass is 511 g/mol. The van der Waals surface area contributed by atoms with Gasteiger partial charge in [0.05, 0.1) is 0 Å². The van der Waals surface area contributed by atoms with Crippen molar-refractivity contribution in [1.82, 2.24) is 4.90 Å². The molecule has 0 heterocycles. The van der Waals surface area contributed by atoms with Crippen molar-refractivity contribution in [1.29, 1.82) is 0 Å². The molecule has 0 N–H and O–H groups in total. The topological polar surface area (TPSA) is 3.24 Å². The third kappa shape index (κ3) is 8.17. The van der Waals surface area contributed by atoms with Crippen molar-refractivity contribution in [2.24, 2.45) is 0 Å². The average Bonchev–Trinajstić information content (AvgIpc) is 2.78. The molecule has 29 heavy (non-hydrogen) atoms. The molecule has 0 aromatic rings. The van der Waals surface area contributed by atoms with E-state index in [1.54, 1.807) is 13.3 Å². The van der Waals surface area contributed by atoms with Crippen molar-refractivity contribution >= 4 is 18.4 Å². The van der Waals surface area contributed by atoms with Crippen LogP contribution in [-0.4, -0.2) is 41.9 Å². The zero-order valence-electron chi connectivity index (χ0n) is 20.5. The fourth-order valence-electron chi connectivity index (χ4n) is 6.22. The molecule has 0 atom stereocenters. The van der Waals surface area contributed by atoms with E-state index < -0.39 is 18.4 Å². The molecule has 2 aliphatic rings. The first-order valence-electron chi connectivity index (χ1n) is 13.6. The summed E-state index contributed by atoms with van der Waals surface area (Å²) in [5.74, 6) is 0. The molecule has 2 rings (SSSR count). The van der Waals surface area contributed by atoms with Gasteiger partial charge in [-0.2, -0.15) is 0 Å². The Kier molecular flexibility index (Phi) is 12.9. The Labute approximate surface area is 188 Å². The molecule has 2 aliphatic carbocycles. The van der Waals surface area contributed by atoms with Gasteiger partial charge >= 0.3 is 189 Å². The van der Waals surface area contributed by atoms with Crippen molar-refractivity contribution in [2.45, 2.75) is 149 Å². The van der Waals surface area contributed by atoms with Gasteiger partial charge in [0.1, 0.15) is 0 Å². The van der Waals surface area contributed by atoms with E-state index in [1.165, 1.54) is 109 Å². The van der Waals surface area contributed by atoms with Crippen molar-refractivity contribution in [3.63, 3.8) is 0 Å². The summed E-state index contributed by atoms with van der Waals surface area (Å²) in [6.45, 7) is 13.5. The van der Waals surface area contributed by atoms with E-state index in [4.69, 9.17) is 6.58 Å². The van der Waals surface area contributed by atoms with E-state index in [1.807, 2.05) is 3.59 Å². The molecule has 2 heteroatoms. The molecule has 2 fully saturated rings. The van der Waals surface area contributed by atoms with Crippen LogP contribution >= 0.6 is 0 Å². The summed E-state index contributed by atoms with van der Waals surface area (Å²) in [6, 6.07) is 1.74. The molecule has 1 nitrogen and oxygen atoms in total. The van der Waals surface area contributed by atoms with Crippen LogP contribution in [0.25, 0.3) is 0 Å². The van der Waals surface area contributed by atoms with E-state index in [0.717, 1.165) is 12.1 Å². The molecule has 0 amide bonds. The summed E-state index contributed by atoms with van der Waals surface area (Å²) in [6.07, 6.45) is 23.2. The van der Waals surface area contributed by atoms with Crippen LogP contribution in [0.2, 0.25) is 13.3 Å². The first-order chi connectivity index (χ1) is 14.2. The number of hydrogen-bond donors (Lipinski definition) is 0. The van der Waals surface area contributed by atoms with Crippen molar-refractivity contribution in [2.75, 3.05) is 6.54 Å². The Morgan fingerprint density at radius 1 is 0.690 bits per heavy atom. The zero-order chi connectivity index (χ0) is 21.0. The molecule has 0 aromatic heterocycles. The minimum absolute atomic E-state index is 0.871. The molecule has 0 radical (unpaired) electrons. The maximum absolute atomic E-state index is 4.97. The van der Waals surface area contributed by atoms with E-state index in [9.17, 15) is 0 Å². The molecule has 0 unspecified atom stereocenters. The van der Waals surface area contributed by atoms with Gasteiger partial charge in [-0.15, -0.1) is 0 Å². The molecular weight excluding hydrogens is 457 g/mol. The van der Waals surface area contributed by atoms with Crippen LogP contribution in [0.5, 0.6) is 0 Å². The van der Waals surface area contributed by atoms with Crippen molar-refractivity contribution in [3.05, 3.63) is 10.2 Å². The molecule has 2 saturated carbocycles. The molecule has 0 saturated heterocycles. The Morgan fingerprint density at radius 2 is 1.07 bits per heavy atom. The molecule has 0 aromatic carbocycles. The van der Waals surface area contributed by atoms with Crippen LogP contribution in [0.1, 0.15) is 124 Å². The van der Waals surface area contributed by atoms with Gasteiger partial charge in [-0.1, -0.05) is 0 Å². The van der Waals surface area contributed by atoms with Gasteiger partial charge in [0.25, 0.3) is 0 Å². The fraction of sp³-hybridized carbons (Fsp3) is 0.926. The standard InChI is InChI=1S/C15H26N.3C4H9.Sn/c1-2-13-16(14-9-5-3-6-10-14)15-11-7-4-8-12-15;3*1-3-4-2;/h14-15H,1,3-13H2;3*1,3-4H2,2H3;. The summed E-state index contributed by atoms with van der Waals surface area (Å²) >= 11 is -2.31.